The van der Waals surface area contributed by atoms with Gasteiger partial charge in [-0.25, -0.2) is 4.79 Å². The molecule has 0 aromatic rings. The molecule has 5 N–H and O–H groups in total. The summed E-state index contributed by atoms with van der Waals surface area (Å²) in [4.78, 5) is 11.8. The van der Waals surface area contributed by atoms with Gasteiger partial charge in [0.1, 0.15) is 18.3 Å². The van der Waals surface area contributed by atoms with Gasteiger partial charge in [-0.15, -0.1) is 0 Å². The molecule has 140 valence electrons. The van der Waals surface area contributed by atoms with E-state index in [0.717, 1.165) is 6.26 Å². The third kappa shape index (κ3) is 4.86. The first-order valence-corrected chi connectivity index (χ1v) is 7.38. The molecule has 1 heterocycles. The smallest absolute Gasteiger partial charge is 0.354 e. The van der Waals surface area contributed by atoms with E-state index in [1.165, 1.54) is 13.8 Å². The standard InChI is InChI=1S/C14H24O10/c1-4-21-8(3)23-13(19)7(2)6-22-14(20)12(18)11(17)10(16)9(5-15)24-14/h6,8-12,15-18,20H,4-5H2,1-3H3/b7-6+/t8?,9-,10+,11+,12-,14-/m1/s1. The summed E-state index contributed by atoms with van der Waals surface area (Å²) < 4.78 is 19.7. The molecule has 1 saturated heterocycles. The van der Waals surface area contributed by atoms with Crippen molar-refractivity contribution in [2.75, 3.05) is 13.2 Å². The van der Waals surface area contributed by atoms with Gasteiger partial charge in [0.05, 0.1) is 18.4 Å². The number of carbonyl (C=O) groups is 1. The fraction of sp³-hybridized carbons (Fsp3) is 0.786. The number of rotatable bonds is 7. The molecule has 10 heteroatoms. The van der Waals surface area contributed by atoms with E-state index in [-0.39, 0.29) is 5.57 Å². The molecule has 6 atom stereocenters. The minimum absolute atomic E-state index is 0.0908. The summed E-state index contributed by atoms with van der Waals surface area (Å²) in [6, 6.07) is 0. The van der Waals surface area contributed by atoms with Gasteiger partial charge in [-0.2, -0.15) is 0 Å². The molecular weight excluding hydrogens is 328 g/mol. The highest BCUT2D eigenvalue weighted by Crippen LogP contribution is 2.29. The average Bonchev–Trinajstić information content (AvgIpc) is 2.54. The van der Waals surface area contributed by atoms with Gasteiger partial charge in [-0.05, 0) is 20.8 Å². The van der Waals surface area contributed by atoms with Crippen LogP contribution in [-0.4, -0.2) is 81.4 Å². The first kappa shape index (κ1) is 20.8. The SMILES string of the molecule is CCOC(C)OC(=O)/C(C)=C/O[C@@]1(O)O[C@H](CO)[C@H](O)[C@H](O)[C@H]1O. The normalized spacial score (nSPS) is 35.4. The quantitative estimate of drug-likeness (QED) is 0.150. The molecule has 0 saturated carbocycles. The van der Waals surface area contributed by atoms with E-state index >= 15 is 0 Å². The molecule has 0 radical (unpaired) electrons. The van der Waals surface area contributed by atoms with Crippen LogP contribution in [0.15, 0.2) is 11.8 Å². The Labute approximate surface area is 138 Å². The summed E-state index contributed by atoms with van der Waals surface area (Å²) in [5.74, 6) is -3.57. The first-order valence-electron chi connectivity index (χ1n) is 7.38. The predicted molar refractivity (Wildman–Crippen MR) is 77.0 cm³/mol. The molecular formula is C14H24O10. The second-order valence-corrected chi connectivity index (χ2v) is 5.24. The van der Waals surface area contributed by atoms with Crippen molar-refractivity contribution in [3.63, 3.8) is 0 Å². The maximum Gasteiger partial charge on any atom is 0.354 e. The Morgan fingerprint density at radius 2 is 1.96 bits per heavy atom. The molecule has 0 bridgehead atoms. The number of hydrogen-bond acceptors (Lipinski definition) is 10. The lowest BCUT2D eigenvalue weighted by molar-refractivity contribution is -0.435. The number of carbonyl (C=O) groups excluding carboxylic acids is 1. The molecule has 0 aliphatic carbocycles. The van der Waals surface area contributed by atoms with Crippen molar-refractivity contribution in [1.82, 2.24) is 0 Å². The number of esters is 1. The molecule has 1 fully saturated rings. The van der Waals surface area contributed by atoms with Crippen LogP contribution in [0.5, 0.6) is 0 Å². The number of aliphatic hydroxyl groups excluding tert-OH is 4. The third-order valence-corrected chi connectivity index (χ3v) is 3.33. The summed E-state index contributed by atoms with van der Waals surface area (Å²) in [6.07, 6.45) is -6.93. The van der Waals surface area contributed by atoms with Gasteiger partial charge in [-0.3, -0.25) is 0 Å². The molecule has 0 amide bonds. The maximum atomic E-state index is 11.8. The van der Waals surface area contributed by atoms with E-state index < -0.39 is 49.3 Å². The number of hydrogen-bond donors (Lipinski definition) is 5. The Morgan fingerprint density at radius 3 is 2.50 bits per heavy atom. The molecule has 0 aromatic heterocycles. The van der Waals surface area contributed by atoms with Crippen molar-refractivity contribution in [2.45, 2.75) is 57.5 Å². The fourth-order valence-corrected chi connectivity index (χ4v) is 1.95. The highest BCUT2D eigenvalue weighted by Gasteiger charge is 2.54. The van der Waals surface area contributed by atoms with E-state index in [2.05, 4.69) is 0 Å². The largest absolute Gasteiger partial charge is 0.445 e. The Balaban J connectivity index is 2.76. The van der Waals surface area contributed by atoms with Crippen molar-refractivity contribution in [1.29, 1.82) is 0 Å². The Kier molecular flexibility index (Phi) is 7.55. The van der Waals surface area contributed by atoms with Crippen LogP contribution in [0.2, 0.25) is 0 Å². The monoisotopic (exact) mass is 352 g/mol. The van der Waals surface area contributed by atoms with Gasteiger partial charge >= 0.3 is 11.9 Å². The molecule has 1 aliphatic heterocycles. The van der Waals surface area contributed by atoms with Gasteiger partial charge in [0.2, 0.25) is 0 Å². The van der Waals surface area contributed by atoms with E-state index in [1.807, 2.05) is 0 Å². The Morgan fingerprint density at radius 1 is 1.33 bits per heavy atom. The maximum absolute atomic E-state index is 11.8. The van der Waals surface area contributed by atoms with Crippen molar-refractivity contribution in [3.8, 4) is 0 Å². The molecule has 0 spiro atoms. The third-order valence-electron chi connectivity index (χ3n) is 3.33. The second kappa shape index (κ2) is 8.72. The summed E-state index contributed by atoms with van der Waals surface area (Å²) in [5.41, 5.74) is -0.0908. The minimum Gasteiger partial charge on any atom is -0.445 e. The zero-order valence-electron chi connectivity index (χ0n) is 13.7. The van der Waals surface area contributed by atoms with Gasteiger partial charge in [0, 0.05) is 6.61 Å². The highest BCUT2D eigenvalue weighted by molar-refractivity contribution is 5.87. The lowest BCUT2D eigenvalue weighted by Crippen LogP contribution is -2.65. The van der Waals surface area contributed by atoms with E-state index in [0.29, 0.717) is 6.61 Å². The van der Waals surface area contributed by atoms with Gasteiger partial charge < -0.3 is 44.5 Å². The van der Waals surface area contributed by atoms with Crippen LogP contribution in [0.4, 0.5) is 0 Å². The van der Waals surface area contributed by atoms with E-state index in [1.54, 1.807) is 6.92 Å². The second-order valence-electron chi connectivity index (χ2n) is 5.24. The number of ether oxygens (including phenoxy) is 4. The van der Waals surface area contributed by atoms with Crippen molar-refractivity contribution in [2.24, 2.45) is 0 Å². The van der Waals surface area contributed by atoms with Crippen LogP contribution in [0, 0.1) is 0 Å². The Bertz CT molecular complexity index is 451. The van der Waals surface area contributed by atoms with Crippen molar-refractivity contribution in [3.05, 3.63) is 11.8 Å². The summed E-state index contributed by atoms with van der Waals surface area (Å²) in [7, 11) is 0. The topological polar surface area (TPSA) is 155 Å². The van der Waals surface area contributed by atoms with Crippen LogP contribution < -0.4 is 0 Å². The van der Waals surface area contributed by atoms with Crippen LogP contribution in [-0.2, 0) is 23.7 Å². The van der Waals surface area contributed by atoms with Crippen molar-refractivity contribution >= 4 is 5.97 Å². The van der Waals surface area contributed by atoms with Crippen LogP contribution in [0.1, 0.15) is 20.8 Å². The molecule has 1 rings (SSSR count). The van der Waals surface area contributed by atoms with E-state index in [4.69, 9.17) is 24.1 Å². The zero-order valence-corrected chi connectivity index (χ0v) is 13.7. The summed E-state index contributed by atoms with van der Waals surface area (Å²) in [5, 5.41) is 48.2. The Hall–Kier alpha value is -1.27. The van der Waals surface area contributed by atoms with Crippen LogP contribution in [0.25, 0.3) is 0 Å². The molecule has 10 nitrogen and oxygen atoms in total. The lowest BCUT2D eigenvalue weighted by atomic mass is 9.98. The van der Waals surface area contributed by atoms with Crippen LogP contribution >= 0.6 is 0 Å². The highest BCUT2D eigenvalue weighted by atomic mass is 16.8. The fourth-order valence-electron chi connectivity index (χ4n) is 1.95. The summed E-state index contributed by atoms with van der Waals surface area (Å²) >= 11 is 0. The predicted octanol–water partition coefficient (Wildman–Crippen LogP) is -2.05. The molecule has 1 aliphatic rings. The minimum atomic E-state index is -2.76. The van der Waals surface area contributed by atoms with Gasteiger partial charge in [-0.1, -0.05) is 0 Å². The molecule has 24 heavy (non-hydrogen) atoms. The van der Waals surface area contributed by atoms with Gasteiger partial charge in [0.25, 0.3) is 0 Å². The molecule has 1 unspecified atom stereocenters. The lowest BCUT2D eigenvalue weighted by Gasteiger charge is -2.43. The van der Waals surface area contributed by atoms with Crippen LogP contribution in [0.3, 0.4) is 0 Å². The molecule has 0 aromatic carbocycles. The van der Waals surface area contributed by atoms with Gasteiger partial charge in [0.15, 0.2) is 12.4 Å². The number of aliphatic hydroxyl groups is 5. The van der Waals surface area contributed by atoms with Crippen molar-refractivity contribution < 1.29 is 49.3 Å². The first-order chi connectivity index (χ1) is 11.2. The average molecular weight is 352 g/mol. The summed E-state index contributed by atoms with van der Waals surface area (Å²) in [6.45, 7) is 4.16. The van der Waals surface area contributed by atoms with E-state index in [9.17, 15) is 25.2 Å². The zero-order chi connectivity index (χ0) is 18.5.